The molecule has 5 heteroatoms. The molecular weight excluding hydrogens is 280 g/mol. The first-order valence-electron chi connectivity index (χ1n) is 7.86. The molecule has 0 radical (unpaired) electrons. The van der Waals surface area contributed by atoms with Crippen molar-refractivity contribution in [3.05, 3.63) is 23.8 Å². The number of carbonyl (C=O) groups is 1. The highest BCUT2D eigenvalue weighted by Gasteiger charge is 2.23. The Morgan fingerprint density at radius 1 is 1.27 bits per heavy atom. The SMILES string of the molecule is CNC1CCN(C(=O)c2ccc(OC(C)C)c(OC)c2)CC1. The summed E-state index contributed by atoms with van der Waals surface area (Å²) in [5, 5.41) is 3.27. The molecule has 0 saturated carbocycles. The lowest BCUT2D eigenvalue weighted by Crippen LogP contribution is -2.43. The molecule has 0 atom stereocenters. The second-order valence-electron chi connectivity index (χ2n) is 5.89. The standard InChI is InChI=1S/C17H26N2O3/c1-12(2)22-15-6-5-13(11-16(15)21-4)17(20)19-9-7-14(18-3)8-10-19/h5-6,11-12,14,18H,7-10H2,1-4H3. The van der Waals surface area contributed by atoms with Crippen LogP contribution in [0.25, 0.3) is 0 Å². The molecule has 0 bridgehead atoms. The first-order chi connectivity index (χ1) is 10.5. The number of carbonyl (C=O) groups excluding carboxylic acids is 1. The fraction of sp³-hybridized carbons (Fsp3) is 0.588. The Balaban J connectivity index is 2.10. The van der Waals surface area contributed by atoms with Gasteiger partial charge in [0.2, 0.25) is 0 Å². The van der Waals surface area contributed by atoms with Crippen molar-refractivity contribution in [2.24, 2.45) is 0 Å². The van der Waals surface area contributed by atoms with Crippen LogP contribution in [0.15, 0.2) is 18.2 Å². The van der Waals surface area contributed by atoms with E-state index in [1.54, 1.807) is 13.2 Å². The second-order valence-corrected chi connectivity index (χ2v) is 5.89. The quantitative estimate of drug-likeness (QED) is 0.907. The van der Waals surface area contributed by atoms with Gasteiger partial charge in [0.15, 0.2) is 11.5 Å². The number of hydrogen-bond donors (Lipinski definition) is 1. The van der Waals surface area contributed by atoms with Gasteiger partial charge in [-0.3, -0.25) is 4.79 Å². The highest BCUT2D eigenvalue weighted by molar-refractivity contribution is 5.95. The third-order valence-corrected chi connectivity index (χ3v) is 3.96. The summed E-state index contributed by atoms with van der Waals surface area (Å²) in [5.74, 6) is 1.33. The maximum atomic E-state index is 12.6. The molecule has 22 heavy (non-hydrogen) atoms. The molecule has 1 aromatic rings. The molecule has 0 spiro atoms. The van der Waals surface area contributed by atoms with Crippen molar-refractivity contribution in [3.8, 4) is 11.5 Å². The molecule has 1 heterocycles. The Kier molecular flexibility index (Phi) is 5.66. The normalized spacial score (nSPS) is 16.0. The molecule has 122 valence electrons. The van der Waals surface area contributed by atoms with Gasteiger partial charge in [0.05, 0.1) is 13.2 Å². The van der Waals surface area contributed by atoms with E-state index >= 15 is 0 Å². The average molecular weight is 306 g/mol. The van der Waals surface area contributed by atoms with E-state index < -0.39 is 0 Å². The van der Waals surface area contributed by atoms with E-state index in [-0.39, 0.29) is 12.0 Å². The largest absolute Gasteiger partial charge is 0.493 e. The minimum atomic E-state index is 0.0592. The summed E-state index contributed by atoms with van der Waals surface area (Å²) in [4.78, 5) is 14.5. The van der Waals surface area contributed by atoms with Crippen LogP contribution in [-0.4, -0.2) is 50.2 Å². The van der Waals surface area contributed by atoms with Crippen LogP contribution >= 0.6 is 0 Å². The maximum absolute atomic E-state index is 12.6. The third-order valence-electron chi connectivity index (χ3n) is 3.96. The summed E-state index contributed by atoms with van der Waals surface area (Å²) >= 11 is 0. The second kappa shape index (κ2) is 7.49. The van der Waals surface area contributed by atoms with Crippen LogP contribution in [0.2, 0.25) is 0 Å². The first kappa shape index (κ1) is 16.6. The van der Waals surface area contributed by atoms with Crippen LogP contribution in [0, 0.1) is 0 Å². The number of likely N-dealkylation sites (tertiary alicyclic amines) is 1. The zero-order valence-corrected chi connectivity index (χ0v) is 13.9. The zero-order chi connectivity index (χ0) is 16.1. The van der Waals surface area contributed by atoms with E-state index in [9.17, 15) is 4.79 Å². The molecule has 1 aliphatic heterocycles. The number of amides is 1. The molecular formula is C17H26N2O3. The summed E-state index contributed by atoms with van der Waals surface area (Å²) < 4.78 is 11.0. The zero-order valence-electron chi connectivity index (χ0n) is 13.9. The average Bonchev–Trinajstić information content (AvgIpc) is 2.54. The van der Waals surface area contributed by atoms with Crippen LogP contribution in [0.1, 0.15) is 37.0 Å². The Morgan fingerprint density at radius 3 is 2.50 bits per heavy atom. The van der Waals surface area contributed by atoms with Crippen LogP contribution in [0.3, 0.4) is 0 Å². The van der Waals surface area contributed by atoms with Crippen molar-refractivity contribution >= 4 is 5.91 Å². The number of benzene rings is 1. The molecule has 5 nitrogen and oxygen atoms in total. The van der Waals surface area contributed by atoms with E-state index in [1.807, 2.05) is 37.9 Å². The molecule has 1 fully saturated rings. The number of hydrogen-bond acceptors (Lipinski definition) is 4. The smallest absolute Gasteiger partial charge is 0.253 e. The number of methoxy groups -OCH3 is 1. The minimum Gasteiger partial charge on any atom is -0.493 e. The van der Waals surface area contributed by atoms with Gasteiger partial charge in [-0.25, -0.2) is 0 Å². The van der Waals surface area contributed by atoms with Crippen LogP contribution in [0.5, 0.6) is 11.5 Å². The lowest BCUT2D eigenvalue weighted by atomic mass is 10.0. The number of rotatable bonds is 5. The Hall–Kier alpha value is -1.75. The number of nitrogens with one attached hydrogen (secondary N) is 1. The molecule has 1 saturated heterocycles. The van der Waals surface area contributed by atoms with Gasteiger partial charge in [0, 0.05) is 24.7 Å². The predicted octanol–water partition coefficient (Wildman–Crippen LogP) is 2.31. The molecule has 0 unspecified atom stereocenters. The first-order valence-corrected chi connectivity index (χ1v) is 7.86. The van der Waals surface area contributed by atoms with Crippen molar-refractivity contribution in [2.75, 3.05) is 27.2 Å². The van der Waals surface area contributed by atoms with E-state index in [0.29, 0.717) is 23.1 Å². The van der Waals surface area contributed by atoms with Gasteiger partial charge in [-0.05, 0) is 51.9 Å². The van der Waals surface area contributed by atoms with Crippen LogP contribution < -0.4 is 14.8 Å². The molecule has 1 aromatic carbocycles. The number of piperidine rings is 1. The number of nitrogens with zero attached hydrogens (tertiary/aromatic N) is 1. The van der Waals surface area contributed by atoms with Gasteiger partial charge in [-0.1, -0.05) is 0 Å². The Bertz CT molecular complexity index is 509. The summed E-state index contributed by atoms with van der Waals surface area (Å²) in [6.45, 7) is 5.50. The van der Waals surface area contributed by atoms with Crippen LogP contribution in [0.4, 0.5) is 0 Å². The summed E-state index contributed by atoms with van der Waals surface area (Å²) in [5.41, 5.74) is 0.649. The van der Waals surface area contributed by atoms with Crippen molar-refractivity contribution < 1.29 is 14.3 Å². The Morgan fingerprint density at radius 2 is 1.95 bits per heavy atom. The van der Waals surface area contributed by atoms with Crippen molar-refractivity contribution in [1.82, 2.24) is 10.2 Å². The fourth-order valence-electron chi connectivity index (χ4n) is 2.71. The van der Waals surface area contributed by atoms with Crippen molar-refractivity contribution in [3.63, 3.8) is 0 Å². The van der Waals surface area contributed by atoms with E-state index in [4.69, 9.17) is 9.47 Å². The Labute approximate surface area is 132 Å². The summed E-state index contributed by atoms with van der Waals surface area (Å²) in [7, 11) is 3.57. The van der Waals surface area contributed by atoms with Crippen molar-refractivity contribution in [1.29, 1.82) is 0 Å². The molecule has 1 aliphatic rings. The molecule has 1 N–H and O–H groups in total. The summed E-state index contributed by atoms with van der Waals surface area (Å²) in [6, 6.07) is 5.91. The van der Waals surface area contributed by atoms with Gasteiger partial charge in [0.1, 0.15) is 0 Å². The fourth-order valence-corrected chi connectivity index (χ4v) is 2.71. The molecule has 2 rings (SSSR count). The van der Waals surface area contributed by atoms with E-state index in [2.05, 4.69) is 5.32 Å². The maximum Gasteiger partial charge on any atom is 0.253 e. The van der Waals surface area contributed by atoms with Gasteiger partial charge in [-0.15, -0.1) is 0 Å². The van der Waals surface area contributed by atoms with Gasteiger partial charge < -0.3 is 19.7 Å². The lowest BCUT2D eigenvalue weighted by molar-refractivity contribution is 0.0707. The number of ether oxygens (including phenoxy) is 2. The minimum absolute atomic E-state index is 0.0592. The summed E-state index contributed by atoms with van der Waals surface area (Å²) in [6.07, 6.45) is 2.05. The van der Waals surface area contributed by atoms with Gasteiger partial charge in [0.25, 0.3) is 5.91 Å². The molecule has 0 aliphatic carbocycles. The highest BCUT2D eigenvalue weighted by atomic mass is 16.5. The highest BCUT2D eigenvalue weighted by Crippen LogP contribution is 2.29. The van der Waals surface area contributed by atoms with Crippen molar-refractivity contribution in [2.45, 2.75) is 38.8 Å². The third kappa shape index (κ3) is 3.91. The van der Waals surface area contributed by atoms with E-state index in [0.717, 1.165) is 25.9 Å². The van der Waals surface area contributed by atoms with Gasteiger partial charge >= 0.3 is 0 Å². The topological polar surface area (TPSA) is 50.8 Å². The predicted molar refractivity (Wildman–Crippen MR) is 86.7 cm³/mol. The van der Waals surface area contributed by atoms with Gasteiger partial charge in [-0.2, -0.15) is 0 Å². The molecule has 1 amide bonds. The monoisotopic (exact) mass is 306 g/mol. The van der Waals surface area contributed by atoms with Crippen LogP contribution in [-0.2, 0) is 0 Å². The van der Waals surface area contributed by atoms with E-state index in [1.165, 1.54) is 0 Å². The molecule has 0 aromatic heterocycles. The lowest BCUT2D eigenvalue weighted by Gasteiger charge is -2.32.